The van der Waals surface area contributed by atoms with Gasteiger partial charge in [0.2, 0.25) is 0 Å². The van der Waals surface area contributed by atoms with Gasteiger partial charge in [-0.05, 0) is 13.3 Å². The van der Waals surface area contributed by atoms with E-state index in [1.54, 1.807) is 0 Å². The summed E-state index contributed by atoms with van der Waals surface area (Å²) in [7, 11) is 1.42. The molecule has 4 atom stereocenters. The minimum Gasteiger partial charge on any atom is -0.468 e. The minimum absolute atomic E-state index is 0.115. The van der Waals surface area contributed by atoms with Gasteiger partial charge in [0, 0.05) is 24.0 Å². The summed E-state index contributed by atoms with van der Waals surface area (Å²) in [6.07, 6.45) is 1.45. The summed E-state index contributed by atoms with van der Waals surface area (Å²) in [6.45, 7) is 7.09. The summed E-state index contributed by atoms with van der Waals surface area (Å²) < 4.78 is 10.4. The molecular weight excluding hydrogens is 206 g/mol. The van der Waals surface area contributed by atoms with Crippen LogP contribution in [-0.2, 0) is 14.3 Å². The maximum Gasteiger partial charge on any atom is 0.322 e. The van der Waals surface area contributed by atoms with Gasteiger partial charge in [0.15, 0.2) is 0 Å². The first-order chi connectivity index (χ1) is 7.48. The Bertz CT molecular complexity index is 290. The van der Waals surface area contributed by atoms with Crippen LogP contribution in [0.2, 0.25) is 0 Å². The van der Waals surface area contributed by atoms with Crippen molar-refractivity contribution in [3.63, 3.8) is 0 Å². The van der Waals surface area contributed by atoms with Gasteiger partial charge in [0.1, 0.15) is 6.04 Å². The zero-order valence-corrected chi connectivity index (χ0v) is 10.4. The highest BCUT2D eigenvalue weighted by atomic mass is 16.5. The molecule has 0 amide bonds. The number of ether oxygens (including phenoxy) is 2. The third-order valence-corrected chi connectivity index (χ3v) is 4.08. The van der Waals surface area contributed by atoms with Gasteiger partial charge in [-0.3, -0.25) is 4.79 Å². The quantitative estimate of drug-likeness (QED) is 0.729. The second kappa shape index (κ2) is 4.00. The van der Waals surface area contributed by atoms with E-state index in [-0.39, 0.29) is 17.4 Å². The molecule has 92 valence electrons. The van der Waals surface area contributed by atoms with Gasteiger partial charge >= 0.3 is 5.97 Å². The Morgan fingerprint density at radius 3 is 2.88 bits per heavy atom. The van der Waals surface area contributed by atoms with Gasteiger partial charge < -0.3 is 14.8 Å². The maximum atomic E-state index is 11.4. The van der Waals surface area contributed by atoms with E-state index in [9.17, 15) is 4.79 Å². The maximum absolute atomic E-state index is 11.4. The molecule has 16 heavy (non-hydrogen) atoms. The van der Waals surface area contributed by atoms with Crippen molar-refractivity contribution in [3.8, 4) is 0 Å². The van der Waals surface area contributed by atoms with Crippen molar-refractivity contribution < 1.29 is 14.3 Å². The molecular formula is C12H21NO3. The van der Waals surface area contributed by atoms with E-state index in [4.69, 9.17) is 9.47 Å². The van der Waals surface area contributed by atoms with Crippen LogP contribution in [0.5, 0.6) is 0 Å². The van der Waals surface area contributed by atoms with Crippen molar-refractivity contribution in [2.24, 2.45) is 11.3 Å². The molecule has 1 saturated carbocycles. The lowest BCUT2D eigenvalue weighted by atomic mass is 9.57. The average molecular weight is 227 g/mol. The van der Waals surface area contributed by atoms with E-state index >= 15 is 0 Å². The predicted octanol–water partition coefficient (Wildman–Crippen LogP) is 0.951. The third-order valence-electron chi connectivity index (χ3n) is 4.08. The standard InChI is InChI=1S/C12H21NO3/c1-7(11(14)15-4)13-9-8-5-6-16-10(8)12(9,2)3/h7-10,13H,5-6H2,1-4H3. The molecule has 2 rings (SSSR count). The first-order valence-electron chi connectivity index (χ1n) is 5.94. The summed E-state index contributed by atoms with van der Waals surface area (Å²) in [4.78, 5) is 11.4. The van der Waals surface area contributed by atoms with Gasteiger partial charge in [-0.15, -0.1) is 0 Å². The van der Waals surface area contributed by atoms with Gasteiger partial charge in [-0.1, -0.05) is 13.8 Å². The second-order valence-corrected chi connectivity index (χ2v) is 5.45. The molecule has 1 aliphatic heterocycles. The number of methoxy groups -OCH3 is 1. The van der Waals surface area contributed by atoms with Crippen LogP contribution in [0.1, 0.15) is 27.2 Å². The van der Waals surface area contributed by atoms with Gasteiger partial charge in [-0.2, -0.15) is 0 Å². The Labute approximate surface area is 96.7 Å². The Balaban J connectivity index is 1.97. The molecule has 1 N–H and O–H groups in total. The fraction of sp³-hybridized carbons (Fsp3) is 0.917. The molecule has 1 aliphatic carbocycles. The summed E-state index contributed by atoms with van der Waals surface area (Å²) in [5, 5.41) is 3.37. The monoisotopic (exact) mass is 227 g/mol. The zero-order valence-electron chi connectivity index (χ0n) is 10.4. The fourth-order valence-electron chi connectivity index (χ4n) is 3.18. The highest BCUT2D eigenvalue weighted by Crippen LogP contribution is 2.52. The number of rotatable bonds is 3. The highest BCUT2D eigenvalue weighted by Gasteiger charge is 2.59. The van der Waals surface area contributed by atoms with Crippen LogP contribution in [0.15, 0.2) is 0 Å². The van der Waals surface area contributed by atoms with Gasteiger partial charge in [-0.25, -0.2) is 0 Å². The largest absolute Gasteiger partial charge is 0.468 e. The molecule has 0 spiro atoms. The Morgan fingerprint density at radius 1 is 1.56 bits per heavy atom. The number of hydrogen-bond donors (Lipinski definition) is 1. The first-order valence-corrected chi connectivity index (χ1v) is 5.94. The number of nitrogens with one attached hydrogen (secondary N) is 1. The smallest absolute Gasteiger partial charge is 0.322 e. The normalized spacial score (nSPS) is 37.4. The summed E-state index contributed by atoms with van der Waals surface area (Å²) in [6, 6.07) is 0.116. The van der Waals surface area contributed by atoms with Crippen LogP contribution in [-0.4, -0.2) is 37.9 Å². The van der Waals surface area contributed by atoms with Crippen molar-refractivity contribution >= 4 is 5.97 Å². The third kappa shape index (κ3) is 1.64. The van der Waals surface area contributed by atoms with Crippen molar-refractivity contribution in [3.05, 3.63) is 0 Å². The van der Waals surface area contributed by atoms with E-state index in [1.807, 2.05) is 6.92 Å². The topological polar surface area (TPSA) is 47.6 Å². The first kappa shape index (κ1) is 11.9. The molecule has 0 aromatic carbocycles. The van der Waals surface area contributed by atoms with Crippen LogP contribution in [0.4, 0.5) is 0 Å². The Morgan fingerprint density at radius 2 is 2.25 bits per heavy atom. The van der Waals surface area contributed by atoms with Crippen LogP contribution in [0, 0.1) is 11.3 Å². The molecule has 0 aromatic heterocycles. The SMILES string of the molecule is COC(=O)C(C)NC1C2CCOC2C1(C)C. The van der Waals surface area contributed by atoms with E-state index in [0.717, 1.165) is 13.0 Å². The number of fused-ring (bicyclic) bond motifs is 1. The molecule has 4 heteroatoms. The highest BCUT2D eigenvalue weighted by molar-refractivity contribution is 5.75. The second-order valence-electron chi connectivity index (χ2n) is 5.45. The molecule has 1 heterocycles. The molecule has 0 radical (unpaired) electrons. The molecule has 4 nitrogen and oxygen atoms in total. The number of carbonyl (C=O) groups excluding carboxylic acids is 1. The van der Waals surface area contributed by atoms with E-state index < -0.39 is 0 Å². The summed E-state index contributed by atoms with van der Waals surface area (Å²) >= 11 is 0. The van der Waals surface area contributed by atoms with Gasteiger partial charge in [0.05, 0.1) is 13.2 Å². The predicted molar refractivity (Wildman–Crippen MR) is 60.0 cm³/mol. The Kier molecular flexibility index (Phi) is 2.97. The Hall–Kier alpha value is -0.610. The summed E-state index contributed by atoms with van der Waals surface area (Å²) in [5.41, 5.74) is 0.115. The van der Waals surface area contributed by atoms with Crippen LogP contribution >= 0.6 is 0 Å². The average Bonchev–Trinajstić information content (AvgIpc) is 2.70. The van der Waals surface area contributed by atoms with Crippen LogP contribution in [0.25, 0.3) is 0 Å². The summed E-state index contributed by atoms with van der Waals surface area (Å²) in [5.74, 6) is 0.361. The molecule has 2 fully saturated rings. The van der Waals surface area contributed by atoms with Crippen molar-refractivity contribution in [1.29, 1.82) is 0 Å². The van der Waals surface area contributed by atoms with E-state index in [2.05, 4.69) is 19.2 Å². The molecule has 4 unspecified atom stereocenters. The molecule has 0 aromatic rings. The number of esters is 1. The van der Waals surface area contributed by atoms with Gasteiger partial charge in [0.25, 0.3) is 0 Å². The number of hydrogen-bond acceptors (Lipinski definition) is 4. The zero-order chi connectivity index (χ0) is 11.9. The molecule has 0 bridgehead atoms. The fourth-order valence-corrected chi connectivity index (χ4v) is 3.18. The lowest BCUT2D eigenvalue weighted by Gasteiger charge is -2.55. The van der Waals surface area contributed by atoms with Crippen LogP contribution in [0.3, 0.4) is 0 Å². The number of carbonyl (C=O) groups is 1. The molecule has 2 aliphatic rings. The van der Waals surface area contributed by atoms with Crippen molar-refractivity contribution in [2.45, 2.75) is 45.4 Å². The van der Waals surface area contributed by atoms with Crippen LogP contribution < -0.4 is 5.32 Å². The lowest BCUT2D eigenvalue weighted by molar-refractivity contribution is -0.147. The van der Waals surface area contributed by atoms with Crippen molar-refractivity contribution in [2.75, 3.05) is 13.7 Å². The van der Waals surface area contributed by atoms with E-state index in [1.165, 1.54) is 7.11 Å². The van der Waals surface area contributed by atoms with Crippen molar-refractivity contribution in [1.82, 2.24) is 5.32 Å². The lowest BCUT2D eigenvalue weighted by Crippen LogP contribution is -2.67. The van der Waals surface area contributed by atoms with E-state index in [0.29, 0.717) is 18.1 Å². The minimum atomic E-state index is -0.240. The molecule has 1 saturated heterocycles.